The van der Waals surface area contributed by atoms with Gasteiger partial charge in [-0.15, -0.1) is 0 Å². The lowest BCUT2D eigenvalue weighted by atomic mass is 10.3. The lowest BCUT2D eigenvalue weighted by molar-refractivity contribution is -0.141. The van der Waals surface area contributed by atoms with Gasteiger partial charge in [0.1, 0.15) is 16.5 Å². The van der Waals surface area contributed by atoms with Crippen LogP contribution in [-0.2, 0) is 6.18 Å². The number of halogens is 4. The van der Waals surface area contributed by atoms with Crippen molar-refractivity contribution in [3.05, 3.63) is 41.3 Å². The lowest BCUT2D eigenvalue weighted by Crippen LogP contribution is -2.09. The molecular formula is C10H5ClF3N3. The molecule has 0 aliphatic carbocycles. The first-order valence-corrected chi connectivity index (χ1v) is 4.88. The molecule has 0 bridgehead atoms. The van der Waals surface area contributed by atoms with Crippen molar-refractivity contribution in [2.75, 3.05) is 0 Å². The molecule has 0 aromatic carbocycles. The molecular weight excluding hydrogens is 255 g/mol. The molecule has 0 fully saturated rings. The molecule has 0 aliphatic rings. The fourth-order valence-corrected chi connectivity index (χ4v) is 1.36. The molecule has 17 heavy (non-hydrogen) atoms. The maximum atomic E-state index is 12.5. The Labute approximate surface area is 99.3 Å². The van der Waals surface area contributed by atoms with Gasteiger partial charge < -0.3 is 0 Å². The van der Waals surface area contributed by atoms with Crippen molar-refractivity contribution in [1.29, 1.82) is 0 Å². The normalized spacial score (nSPS) is 11.5. The van der Waals surface area contributed by atoms with Crippen LogP contribution in [-0.4, -0.2) is 15.0 Å². The molecule has 0 atom stereocenters. The van der Waals surface area contributed by atoms with Gasteiger partial charge in [-0.25, -0.2) is 9.97 Å². The molecule has 0 unspecified atom stereocenters. The fourth-order valence-electron chi connectivity index (χ4n) is 1.17. The number of rotatable bonds is 1. The second-order valence-electron chi connectivity index (χ2n) is 3.11. The second-order valence-corrected chi connectivity index (χ2v) is 3.50. The minimum absolute atomic E-state index is 0.148. The first-order chi connectivity index (χ1) is 7.97. The lowest BCUT2D eigenvalue weighted by Gasteiger charge is -2.07. The van der Waals surface area contributed by atoms with E-state index in [1.807, 2.05) is 0 Å². The third-order valence-electron chi connectivity index (χ3n) is 1.88. The Kier molecular flexibility index (Phi) is 2.97. The van der Waals surface area contributed by atoms with Crippen molar-refractivity contribution in [1.82, 2.24) is 15.0 Å². The molecule has 0 aliphatic heterocycles. The average Bonchev–Trinajstić information content (AvgIpc) is 2.28. The summed E-state index contributed by atoms with van der Waals surface area (Å²) in [6, 6.07) is 5.44. The SMILES string of the molecule is FC(F)(F)c1cc(Cl)nc(-c2ccccn2)n1. The van der Waals surface area contributed by atoms with Crippen LogP contribution in [0.25, 0.3) is 11.5 Å². The van der Waals surface area contributed by atoms with E-state index >= 15 is 0 Å². The Morgan fingerprint density at radius 3 is 2.47 bits per heavy atom. The van der Waals surface area contributed by atoms with E-state index in [4.69, 9.17) is 11.6 Å². The van der Waals surface area contributed by atoms with E-state index in [1.54, 1.807) is 12.1 Å². The van der Waals surface area contributed by atoms with Gasteiger partial charge in [-0.1, -0.05) is 17.7 Å². The minimum atomic E-state index is -4.56. The summed E-state index contributed by atoms with van der Waals surface area (Å²) in [6.45, 7) is 0. The third kappa shape index (κ3) is 2.71. The van der Waals surface area contributed by atoms with Gasteiger partial charge in [-0.05, 0) is 12.1 Å². The smallest absolute Gasteiger partial charge is 0.253 e. The highest BCUT2D eigenvalue weighted by atomic mass is 35.5. The van der Waals surface area contributed by atoms with Crippen molar-refractivity contribution in [2.45, 2.75) is 6.18 Å². The van der Waals surface area contributed by atoms with Crippen LogP contribution in [0.5, 0.6) is 0 Å². The Morgan fingerprint density at radius 2 is 1.88 bits per heavy atom. The van der Waals surface area contributed by atoms with E-state index in [2.05, 4.69) is 15.0 Å². The molecule has 0 saturated carbocycles. The van der Waals surface area contributed by atoms with Crippen LogP contribution in [0.1, 0.15) is 5.69 Å². The van der Waals surface area contributed by atoms with Crippen LogP contribution in [0.2, 0.25) is 5.15 Å². The zero-order chi connectivity index (χ0) is 12.5. The summed E-state index contributed by atoms with van der Waals surface area (Å²) in [4.78, 5) is 11.0. The third-order valence-corrected chi connectivity index (χ3v) is 2.07. The van der Waals surface area contributed by atoms with Gasteiger partial charge in [-0.3, -0.25) is 4.98 Å². The van der Waals surface area contributed by atoms with Gasteiger partial charge in [0.25, 0.3) is 0 Å². The highest BCUT2D eigenvalue weighted by Crippen LogP contribution is 2.30. The quantitative estimate of drug-likeness (QED) is 0.738. The van der Waals surface area contributed by atoms with E-state index in [0.29, 0.717) is 6.07 Å². The number of pyridine rings is 1. The standard InChI is InChI=1S/C10H5ClF3N3/c11-8-5-7(10(12,13)14)16-9(17-8)6-3-1-2-4-15-6/h1-5H. The fraction of sp³-hybridized carbons (Fsp3) is 0.100. The maximum absolute atomic E-state index is 12.5. The highest BCUT2D eigenvalue weighted by molar-refractivity contribution is 6.29. The molecule has 0 N–H and O–H groups in total. The molecule has 2 aromatic heterocycles. The molecule has 0 spiro atoms. The summed E-state index contributed by atoms with van der Waals surface area (Å²) in [5, 5.41) is -0.270. The van der Waals surface area contributed by atoms with Gasteiger partial charge in [0.2, 0.25) is 0 Å². The zero-order valence-corrected chi connectivity index (χ0v) is 9.00. The Bertz CT molecular complexity index is 528. The summed E-state index contributed by atoms with van der Waals surface area (Å²) in [5.41, 5.74) is -0.848. The van der Waals surface area contributed by atoms with Crippen molar-refractivity contribution in [3.63, 3.8) is 0 Å². The predicted octanol–water partition coefficient (Wildman–Crippen LogP) is 3.21. The van der Waals surface area contributed by atoms with Crippen molar-refractivity contribution in [2.24, 2.45) is 0 Å². The van der Waals surface area contributed by atoms with Crippen molar-refractivity contribution in [3.8, 4) is 11.5 Å². The number of hydrogen-bond acceptors (Lipinski definition) is 3. The molecule has 3 nitrogen and oxygen atoms in total. The number of aromatic nitrogens is 3. The van der Waals surface area contributed by atoms with E-state index < -0.39 is 11.9 Å². The van der Waals surface area contributed by atoms with Gasteiger partial charge in [0.05, 0.1) is 0 Å². The Balaban J connectivity index is 2.54. The van der Waals surface area contributed by atoms with Gasteiger partial charge in [0.15, 0.2) is 5.82 Å². The summed E-state index contributed by atoms with van der Waals surface area (Å²) in [6.07, 6.45) is -3.12. The summed E-state index contributed by atoms with van der Waals surface area (Å²) < 4.78 is 37.5. The first kappa shape index (κ1) is 11.8. The van der Waals surface area contributed by atoms with Crippen molar-refractivity contribution >= 4 is 11.6 Å². The molecule has 88 valence electrons. The first-order valence-electron chi connectivity index (χ1n) is 4.50. The average molecular weight is 260 g/mol. The van der Waals surface area contributed by atoms with Gasteiger partial charge in [-0.2, -0.15) is 13.2 Å². The van der Waals surface area contributed by atoms with Gasteiger partial charge in [0, 0.05) is 12.3 Å². The Morgan fingerprint density at radius 1 is 1.12 bits per heavy atom. The van der Waals surface area contributed by atoms with Gasteiger partial charge >= 0.3 is 6.18 Å². The number of alkyl halides is 3. The monoisotopic (exact) mass is 259 g/mol. The summed E-state index contributed by atoms with van der Waals surface area (Å²) >= 11 is 5.53. The highest BCUT2D eigenvalue weighted by Gasteiger charge is 2.33. The van der Waals surface area contributed by atoms with Crippen LogP contribution in [0.4, 0.5) is 13.2 Å². The largest absolute Gasteiger partial charge is 0.433 e. The predicted molar refractivity (Wildman–Crippen MR) is 55.3 cm³/mol. The summed E-state index contributed by atoms with van der Waals surface area (Å²) in [7, 11) is 0. The molecule has 0 radical (unpaired) electrons. The van der Waals surface area contributed by atoms with Crippen molar-refractivity contribution < 1.29 is 13.2 Å². The summed E-state index contributed by atoms with van der Waals surface area (Å²) in [5.74, 6) is -0.148. The maximum Gasteiger partial charge on any atom is 0.433 e. The van der Waals surface area contributed by atoms with Crippen LogP contribution in [0.15, 0.2) is 30.5 Å². The molecule has 0 saturated heterocycles. The zero-order valence-electron chi connectivity index (χ0n) is 8.24. The molecule has 2 aromatic rings. The molecule has 2 heterocycles. The van der Waals surface area contributed by atoms with Crippen LogP contribution in [0, 0.1) is 0 Å². The Hall–Kier alpha value is -1.69. The molecule has 0 amide bonds. The number of nitrogens with zero attached hydrogens (tertiary/aromatic N) is 3. The van der Waals surface area contributed by atoms with E-state index in [9.17, 15) is 13.2 Å². The topological polar surface area (TPSA) is 38.7 Å². The van der Waals surface area contributed by atoms with Crippen LogP contribution in [0.3, 0.4) is 0 Å². The van der Waals surface area contributed by atoms with Crippen LogP contribution < -0.4 is 0 Å². The molecule has 7 heteroatoms. The molecule has 2 rings (SSSR count). The van der Waals surface area contributed by atoms with E-state index in [-0.39, 0.29) is 16.7 Å². The number of hydrogen-bond donors (Lipinski definition) is 0. The second kappa shape index (κ2) is 4.29. The van der Waals surface area contributed by atoms with E-state index in [0.717, 1.165) is 0 Å². The minimum Gasteiger partial charge on any atom is -0.253 e. The van der Waals surface area contributed by atoms with Crippen LogP contribution >= 0.6 is 11.6 Å². The van der Waals surface area contributed by atoms with E-state index in [1.165, 1.54) is 12.3 Å².